The van der Waals surface area contributed by atoms with E-state index in [4.69, 9.17) is 5.10 Å². The second-order valence-corrected chi connectivity index (χ2v) is 9.74. The minimum Gasteiger partial charge on any atom is -0.260 e. The van der Waals surface area contributed by atoms with Gasteiger partial charge in [0.15, 0.2) is 5.82 Å². The molecule has 1 aliphatic rings. The molecule has 0 bridgehead atoms. The van der Waals surface area contributed by atoms with Crippen LogP contribution in [0.2, 0.25) is 0 Å². The van der Waals surface area contributed by atoms with Crippen LogP contribution in [0.4, 0.5) is 0 Å². The molecular formula is C26H28N12. The standard InChI is InChI=1S/C26H28N12/c1-4-23-29-30-26(34-18(3)16-17(2)31-34)37(23)38-24(35-21-12-7-5-10-19(21)27-32-35)14-9-15-25(38)36-22-13-8-6-11-20(22)28-33-36/h5-8,10-13,16,24-25H,4,9,14-15H2,1-3H3/t24-,25-/m1/s1. The van der Waals surface area contributed by atoms with Crippen molar-refractivity contribution in [3.63, 3.8) is 0 Å². The maximum Gasteiger partial charge on any atom is 0.271 e. The topological polar surface area (TPSA) is 113 Å². The third kappa shape index (κ3) is 3.40. The molecule has 1 fully saturated rings. The summed E-state index contributed by atoms with van der Waals surface area (Å²) >= 11 is 0. The van der Waals surface area contributed by atoms with E-state index in [0.29, 0.717) is 12.4 Å². The first kappa shape index (κ1) is 22.6. The quantitative estimate of drug-likeness (QED) is 0.347. The Bertz CT molecular complexity index is 1670. The minimum absolute atomic E-state index is 0.166. The second kappa shape index (κ2) is 8.75. The van der Waals surface area contributed by atoms with Crippen LogP contribution < -0.4 is 5.01 Å². The van der Waals surface area contributed by atoms with Crippen molar-refractivity contribution in [1.82, 2.24) is 54.6 Å². The van der Waals surface area contributed by atoms with Crippen LogP contribution in [0.5, 0.6) is 0 Å². The van der Waals surface area contributed by atoms with Crippen molar-refractivity contribution >= 4 is 22.1 Å². The van der Waals surface area contributed by atoms with Gasteiger partial charge in [-0.3, -0.25) is 5.01 Å². The predicted molar refractivity (Wildman–Crippen MR) is 141 cm³/mol. The molecule has 0 spiro atoms. The molecule has 7 rings (SSSR count). The van der Waals surface area contributed by atoms with Gasteiger partial charge in [-0.1, -0.05) is 41.6 Å². The number of fused-ring (bicyclic) bond motifs is 2. The number of aryl methyl sites for hydroxylation is 3. The van der Waals surface area contributed by atoms with Gasteiger partial charge in [0.2, 0.25) is 0 Å². The highest BCUT2D eigenvalue weighted by Crippen LogP contribution is 2.38. The van der Waals surface area contributed by atoms with Gasteiger partial charge < -0.3 is 0 Å². The molecule has 0 radical (unpaired) electrons. The Labute approximate surface area is 218 Å². The highest BCUT2D eigenvalue weighted by atomic mass is 15.7. The summed E-state index contributed by atoms with van der Waals surface area (Å²) in [7, 11) is 0. The first-order chi connectivity index (χ1) is 18.6. The minimum atomic E-state index is -0.166. The predicted octanol–water partition coefficient (Wildman–Crippen LogP) is 3.65. The number of benzene rings is 2. The molecule has 12 nitrogen and oxygen atoms in total. The summed E-state index contributed by atoms with van der Waals surface area (Å²) in [6.45, 7) is 6.11. The van der Waals surface area contributed by atoms with Gasteiger partial charge >= 0.3 is 0 Å². The largest absolute Gasteiger partial charge is 0.271 e. The Morgan fingerprint density at radius 3 is 1.95 bits per heavy atom. The Hall–Kier alpha value is -4.61. The van der Waals surface area contributed by atoms with E-state index >= 15 is 0 Å². The van der Waals surface area contributed by atoms with Crippen LogP contribution in [0, 0.1) is 13.8 Å². The number of hydrogen-bond donors (Lipinski definition) is 0. The first-order valence-electron chi connectivity index (χ1n) is 13.0. The molecule has 0 aliphatic carbocycles. The lowest BCUT2D eigenvalue weighted by Crippen LogP contribution is -2.50. The molecule has 0 saturated carbocycles. The fraction of sp³-hybridized carbons (Fsp3) is 0.346. The van der Waals surface area contributed by atoms with E-state index in [-0.39, 0.29) is 12.3 Å². The van der Waals surface area contributed by atoms with Gasteiger partial charge in [-0.2, -0.15) is 5.10 Å². The number of rotatable bonds is 5. The van der Waals surface area contributed by atoms with Crippen molar-refractivity contribution in [3.8, 4) is 5.95 Å². The molecular weight excluding hydrogens is 480 g/mol. The van der Waals surface area contributed by atoms with E-state index in [1.54, 1.807) is 0 Å². The lowest BCUT2D eigenvalue weighted by Gasteiger charge is -2.44. The average molecular weight is 509 g/mol. The smallest absolute Gasteiger partial charge is 0.260 e. The molecule has 6 aromatic rings. The molecule has 1 aliphatic heterocycles. The van der Waals surface area contributed by atoms with Crippen LogP contribution in [0.25, 0.3) is 28.0 Å². The third-order valence-corrected chi connectivity index (χ3v) is 7.29. The molecule has 5 heterocycles. The SMILES string of the molecule is CCc1nnc(-n2nc(C)cc2C)n1N1[C@@H](n2nnc3ccccc32)CCC[C@@H]1n1nnc2ccccc21. The number of aromatic nitrogens is 11. The van der Waals surface area contributed by atoms with Crippen LogP contribution in [0.15, 0.2) is 54.6 Å². The maximum atomic E-state index is 4.76. The molecule has 0 N–H and O–H groups in total. The Morgan fingerprint density at radius 1 is 0.789 bits per heavy atom. The molecule has 4 aromatic heterocycles. The molecule has 192 valence electrons. The summed E-state index contributed by atoms with van der Waals surface area (Å²) in [6, 6.07) is 18.2. The summed E-state index contributed by atoms with van der Waals surface area (Å²) < 4.78 is 8.01. The number of nitrogens with zero attached hydrogens (tertiary/aromatic N) is 12. The second-order valence-electron chi connectivity index (χ2n) is 9.74. The van der Waals surface area contributed by atoms with Gasteiger partial charge in [0.1, 0.15) is 23.4 Å². The van der Waals surface area contributed by atoms with Crippen LogP contribution in [0.1, 0.15) is 55.7 Å². The van der Waals surface area contributed by atoms with Crippen molar-refractivity contribution < 1.29 is 0 Å². The van der Waals surface area contributed by atoms with Gasteiger partial charge in [-0.15, -0.1) is 20.4 Å². The lowest BCUT2D eigenvalue weighted by atomic mass is 10.1. The zero-order valence-corrected chi connectivity index (χ0v) is 21.5. The van der Waals surface area contributed by atoms with E-state index in [2.05, 4.69) is 59.6 Å². The van der Waals surface area contributed by atoms with Crippen molar-refractivity contribution in [3.05, 3.63) is 71.8 Å². The molecule has 0 unspecified atom stereocenters. The average Bonchev–Trinajstić information content (AvgIpc) is 3.72. The Kier molecular flexibility index (Phi) is 5.20. The molecule has 2 aromatic carbocycles. The normalized spacial score (nSPS) is 18.1. The van der Waals surface area contributed by atoms with Gasteiger partial charge in [0.25, 0.3) is 5.95 Å². The van der Waals surface area contributed by atoms with Crippen LogP contribution in [-0.2, 0) is 6.42 Å². The van der Waals surface area contributed by atoms with Crippen molar-refractivity contribution in [2.75, 3.05) is 5.01 Å². The van der Waals surface area contributed by atoms with Crippen molar-refractivity contribution in [1.29, 1.82) is 0 Å². The zero-order valence-electron chi connectivity index (χ0n) is 21.5. The van der Waals surface area contributed by atoms with Gasteiger partial charge in [-0.05, 0) is 63.4 Å². The van der Waals surface area contributed by atoms with Gasteiger partial charge in [0, 0.05) is 12.1 Å². The monoisotopic (exact) mass is 508 g/mol. The fourth-order valence-electron chi connectivity index (χ4n) is 5.62. The number of para-hydroxylation sites is 2. The molecule has 0 amide bonds. The van der Waals surface area contributed by atoms with E-state index in [1.807, 2.05) is 70.4 Å². The number of hydrogen-bond acceptors (Lipinski definition) is 8. The molecule has 12 heteroatoms. The summed E-state index contributed by atoms with van der Waals surface area (Å²) in [5.74, 6) is 1.47. The first-order valence-corrected chi connectivity index (χ1v) is 13.0. The zero-order chi connectivity index (χ0) is 25.8. The van der Waals surface area contributed by atoms with Crippen LogP contribution >= 0.6 is 0 Å². The third-order valence-electron chi connectivity index (χ3n) is 7.29. The fourth-order valence-corrected chi connectivity index (χ4v) is 5.62. The van der Waals surface area contributed by atoms with Crippen molar-refractivity contribution in [2.45, 2.75) is 58.8 Å². The van der Waals surface area contributed by atoms with E-state index in [1.165, 1.54) is 0 Å². The van der Waals surface area contributed by atoms with E-state index in [0.717, 1.165) is 58.5 Å². The van der Waals surface area contributed by atoms with E-state index < -0.39 is 0 Å². The maximum absolute atomic E-state index is 4.76. The van der Waals surface area contributed by atoms with Gasteiger partial charge in [0.05, 0.1) is 16.7 Å². The Balaban J connectivity index is 1.48. The summed E-state index contributed by atoms with van der Waals surface area (Å²) in [5, 5.41) is 34.6. The van der Waals surface area contributed by atoms with E-state index in [9.17, 15) is 0 Å². The molecule has 1 saturated heterocycles. The van der Waals surface area contributed by atoms with Crippen molar-refractivity contribution in [2.24, 2.45) is 0 Å². The lowest BCUT2D eigenvalue weighted by molar-refractivity contribution is 0.189. The molecule has 38 heavy (non-hydrogen) atoms. The molecule has 2 atom stereocenters. The number of piperidine rings is 1. The summed E-state index contributed by atoms with van der Waals surface area (Å²) in [6.07, 6.45) is 3.08. The summed E-state index contributed by atoms with van der Waals surface area (Å²) in [4.78, 5) is 0. The van der Waals surface area contributed by atoms with Crippen LogP contribution in [-0.4, -0.2) is 54.6 Å². The van der Waals surface area contributed by atoms with Crippen LogP contribution in [0.3, 0.4) is 0 Å². The highest BCUT2D eigenvalue weighted by Gasteiger charge is 2.39. The van der Waals surface area contributed by atoms with Gasteiger partial charge in [-0.25, -0.2) is 18.7 Å². The highest BCUT2D eigenvalue weighted by molar-refractivity contribution is 5.75. The summed E-state index contributed by atoms with van der Waals surface area (Å²) in [5.41, 5.74) is 5.58. The Morgan fingerprint density at radius 2 is 1.39 bits per heavy atom.